The first-order valence-corrected chi connectivity index (χ1v) is 9.45. The molecule has 0 saturated carbocycles. The highest BCUT2D eigenvalue weighted by molar-refractivity contribution is 7.07. The monoisotopic (exact) mass is 393 g/mol. The lowest BCUT2D eigenvalue weighted by molar-refractivity contribution is -0.142. The van der Waals surface area contributed by atoms with E-state index in [1.807, 2.05) is 30.7 Å². The zero-order valence-electron chi connectivity index (χ0n) is 15.6. The molecule has 0 bridgehead atoms. The summed E-state index contributed by atoms with van der Waals surface area (Å²) in [6.45, 7) is 3.43. The number of aryl methyl sites for hydroxylation is 1. The average Bonchev–Trinajstić information content (AvgIpc) is 3.13. The summed E-state index contributed by atoms with van der Waals surface area (Å²) < 4.78 is 7.01. The number of anilines is 1. The number of hydrogen-bond acceptors (Lipinski definition) is 7. The fraction of sp³-hybridized carbons (Fsp3) is 0.444. The fourth-order valence-corrected chi connectivity index (χ4v) is 3.26. The number of ether oxygens (including phenoxy) is 1. The van der Waals surface area contributed by atoms with Crippen LogP contribution in [0.15, 0.2) is 26.4 Å². The van der Waals surface area contributed by atoms with Crippen molar-refractivity contribution >= 4 is 28.9 Å². The third-order valence-corrected chi connectivity index (χ3v) is 4.70. The van der Waals surface area contributed by atoms with Gasteiger partial charge in [-0.1, -0.05) is 13.8 Å². The van der Waals surface area contributed by atoms with Crippen molar-refractivity contribution < 1.29 is 14.3 Å². The van der Waals surface area contributed by atoms with Crippen LogP contribution in [0.2, 0.25) is 0 Å². The molecule has 0 fully saturated rings. The molecule has 2 aromatic rings. The van der Waals surface area contributed by atoms with Gasteiger partial charge in [-0.2, -0.15) is 11.3 Å². The number of aromatic nitrogens is 2. The van der Waals surface area contributed by atoms with Gasteiger partial charge >= 0.3 is 11.7 Å². The fourth-order valence-electron chi connectivity index (χ4n) is 2.56. The van der Waals surface area contributed by atoms with Gasteiger partial charge in [0.2, 0.25) is 5.78 Å². The maximum absolute atomic E-state index is 12.4. The summed E-state index contributed by atoms with van der Waals surface area (Å²) in [5, 5.41) is 3.84. The van der Waals surface area contributed by atoms with Gasteiger partial charge in [0.15, 0.2) is 6.61 Å². The lowest BCUT2D eigenvalue weighted by Crippen LogP contribution is -2.43. The first kappa shape index (κ1) is 20.6. The number of carbonyl (C=O) groups excluding carboxylic acids is 2. The average molecular weight is 393 g/mol. The standard InChI is InChI=1S/C18H23N3O5S/c1-11(2)8-21-16(19)15(17(24)20(3)18(21)25)13(22)9-26-14(23)5-4-12-6-7-27-10-12/h6-7,10-11H,4-5,8-9,19H2,1-3H3. The number of hydrogen-bond donors (Lipinski definition) is 1. The molecule has 0 amide bonds. The molecule has 2 N–H and O–H groups in total. The Labute approximate surface area is 160 Å². The van der Waals surface area contributed by atoms with Gasteiger partial charge in [0.05, 0.1) is 0 Å². The Hall–Kier alpha value is -2.68. The van der Waals surface area contributed by atoms with E-state index in [9.17, 15) is 19.2 Å². The molecule has 2 rings (SSSR count). The Balaban J connectivity index is 2.13. The van der Waals surface area contributed by atoms with Crippen LogP contribution < -0.4 is 17.0 Å². The van der Waals surface area contributed by atoms with Gasteiger partial charge in [-0.3, -0.25) is 23.5 Å². The van der Waals surface area contributed by atoms with Crippen LogP contribution in [0.5, 0.6) is 0 Å². The molecule has 8 nitrogen and oxygen atoms in total. The molecular weight excluding hydrogens is 370 g/mol. The highest BCUT2D eigenvalue weighted by atomic mass is 32.1. The molecule has 0 saturated heterocycles. The number of nitrogen functional groups attached to an aromatic ring is 1. The maximum atomic E-state index is 12.4. The second-order valence-corrected chi connectivity index (χ2v) is 7.41. The van der Waals surface area contributed by atoms with Crippen LogP contribution in [0.4, 0.5) is 5.82 Å². The minimum absolute atomic E-state index is 0.0837. The Morgan fingerprint density at radius 3 is 2.59 bits per heavy atom. The SMILES string of the molecule is CC(C)Cn1c(N)c(C(=O)COC(=O)CCc2ccsc2)c(=O)n(C)c1=O. The lowest BCUT2D eigenvalue weighted by Gasteiger charge is -2.16. The summed E-state index contributed by atoms with van der Waals surface area (Å²) >= 11 is 1.53. The first-order chi connectivity index (χ1) is 12.7. The van der Waals surface area contributed by atoms with Crippen LogP contribution >= 0.6 is 11.3 Å². The topological polar surface area (TPSA) is 113 Å². The molecule has 2 aromatic heterocycles. The Kier molecular flexibility index (Phi) is 6.73. The Morgan fingerprint density at radius 1 is 1.30 bits per heavy atom. The minimum Gasteiger partial charge on any atom is -0.457 e. The third-order valence-electron chi connectivity index (χ3n) is 3.97. The molecule has 0 aromatic carbocycles. The number of nitrogens with two attached hydrogens (primary N) is 1. The smallest absolute Gasteiger partial charge is 0.332 e. The highest BCUT2D eigenvalue weighted by Gasteiger charge is 2.22. The molecule has 2 heterocycles. The second-order valence-electron chi connectivity index (χ2n) is 6.63. The number of thiophene rings is 1. The Bertz CT molecular complexity index is 941. The molecule has 27 heavy (non-hydrogen) atoms. The zero-order valence-corrected chi connectivity index (χ0v) is 16.4. The van der Waals surface area contributed by atoms with Crippen LogP contribution in [0, 0.1) is 5.92 Å². The van der Waals surface area contributed by atoms with Crippen molar-refractivity contribution in [3.05, 3.63) is 48.8 Å². The molecular formula is C18H23N3O5S. The zero-order chi connectivity index (χ0) is 20.1. The second kappa shape index (κ2) is 8.81. The lowest BCUT2D eigenvalue weighted by atomic mass is 10.1. The summed E-state index contributed by atoms with van der Waals surface area (Å²) in [5.74, 6) is -1.38. The van der Waals surface area contributed by atoms with Crippen molar-refractivity contribution in [2.45, 2.75) is 33.2 Å². The highest BCUT2D eigenvalue weighted by Crippen LogP contribution is 2.10. The van der Waals surface area contributed by atoms with Crippen molar-refractivity contribution in [1.29, 1.82) is 0 Å². The van der Waals surface area contributed by atoms with E-state index >= 15 is 0 Å². The van der Waals surface area contributed by atoms with Gasteiger partial charge in [0.25, 0.3) is 5.56 Å². The summed E-state index contributed by atoms with van der Waals surface area (Å²) in [6, 6.07) is 1.91. The number of carbonyl (C=O) groups is 2. The van der Waals surface area contributed by atoms with Gasteiger partial charge in [0.1, 0.15) is 11.4 Å². The maximum Gasteiger partial charge on any atom is 0.332 e. The van der Waals surface area contributed by atoms with Crippen LogP contribution in [-0.4, -0.2) is 27.5 Å². The molecule has 0 atom stereocenters. The molecule has 0 aliphatic rings. The Morgan fingerprint density at radius 2 is 2.00 bits per heavy atom. The van der Waals surface area contributed by atoms with Crippen LogP contribution in [-0.2, 0) is 29.5 Å². The minimum atomic E-state index is -0.795. The van der Waals surface area contributed by atoms with Crippen LogP contribution in [0.25, 0.3) is 0 Å². The predicted octanol–water partition coefficient (Wildman–Crippen LogP) is 1.21. The van der Waals surface area contributed by atoms with Crippen molar-refractivity contribution in [2.24, 2.45) is 13.0 Å². The van der Waals surface area contributed by atoms with E-state index in [-0.39, 0.29) is 30.3 Å². The molecule has 0 radical (unpaired) electrons. The quantitative estimate of drug-likeness (QED) is 0.533. The first-order valence-electron chi connectivity index (χ1n) is 8.51. The summed E-state index contributed by atoms with van der Waals surface area (Å²) in [6.07, 6.45) is 0.643. The van der Waals surface area contributed by atoms with E-state index in [0.29, 0.717) is 6.42 Å². The molecule has 9 heteroatoms. The normalized spacial score (nSPS) is 11.0. The van der Waals surface area contributed by atoms with Crippen molar-refractivity contribution in [1.82, 2.24) is 9.13 Å². The molecule has 0 aliphatic carbocycles. The van der Waals surface area contributed by atoms with E-state index in [2.05, 4.69) is 0 Å². The summed E-state index contributed by atoms with van der Waals surface area (Å²) in [5.41, 5.74) is 5.23. The predicted molar refractivity (Wildman–Crippen MR) is 103 cm³/mol. The largest absolute Gasteiger partial charge is 0.457 e. The molecule has 146 valence electrons. The summed E-state index contributed by atoms with van der Waals surface area (Å²) in [7, 11) is 1.28. The van der Waals surface area contributed by atoms with Gasteiger partial charge in [-0.25, -0.2) is 4.79 Å². The number of nitrogens with zero attached hydrogens (tertiary/aromatic N) is 2. The van der Waals surface area contributed by atoms with Gasteiger partial charge < -0.3 is 10.5 Å². The van der Waals surface area contributed by atoms with Crippen LogP contribution in [0.1, 0.15) is 36.2 Å². The van der Waals surface area contributed by atoms with Gasteiger partial charge in [-0.05, 0) is 34.7 Å². The van der Waals surface area contributed by atoms with E-state index < -0.39 is 29.6 Å². The van der Waals surface area contributed by atoms with Crippen LogP contribution in [0.3, 0.4) is 0 Å². The van der Waals surface area contributed by atoms with E-state index in [1.54, 1.807) is 0 Å². The van der Waals surface area contributed by atoms with Crippen molar-refractivity contribution in [2.75, 3.05) is 12.3 Å². The van der Waals surface area contributed by atoms with Crippen molar-refractivity contribution in [3.63, 3.8) is 0 Å². The van der Waals surface area contributed by atoms with Gasteiger partial charge in [0, 0.05) is 20.0 Å². The van der Waals surface area contributed by atoms with Gasteiger partial charge in [-0.15, -0.1) is 0 Å². The number of esters is 1. The number of Topliss-reactive ketones (excluding diaryl/α,β-unsaturated/α-hetero) is 1. The number of rotatable bonds is 8. The van der Waals surface area contributed by atoms with E-state index in [1.165, 1.54) is 23.0 Å². The molecule has 0 unspecified atom stereocenters. The summed E-state index contributed by atoms with van der Waals surface area (Å²) in [4.78, 5) is 48.8. The molecule has 0 aliphatic heterocycles. The number of ketones is 1. The van der Waals surface area contributed by atoms with E-state index in [4.69, 9.17) is 10.5 Å². The van der Waals surface area contributed by atoms with Crippen molar-refractivity contribution in [3.8, 4) is 0 Å². The van der Waals surface area contributed by atoms with E-state index in [0.717, 1.165) is 10.1 Å². The third kappa shape index (κ3) is 4.94. The molecule has 0 spiro atoms.